The van der Waals surface area contributed by atoms with E-state index in [0.29, 0.717) is 11.4 Å². The molecule has 2 rings (SSSR count). The number of amides is 2. The van der Waals surface area contributed by atoms with Gasteiger partial charge in [0.2, 0.25) is 11.8 Å². The van der Waals surface area contributed by atoms with E-state index in [1.165, 1.54) is 11.8 Å². The Bertz CT molecular complexity index is 888. The summed E-state index contributed by atoms with van der Waals surface area (Å²) in [5.74, 6) is 0.716. The molecule has 2 N–H and O–H groups in total. The molecule has 0 saturated heterocycles. The molecular formula is C23H30N2O3S. The zero-order valence-electron chi connectivity index (χ0n) is 18.0. The summed E-state index contributed by atoms with van der Waals surface area (Å²) in [7, 11) is 1.58. The Morgan fingerprint density at radius 1 is 0.931 bits per heavy atom. The van der Waals surface area contributed by atoms with Crippen molar-refractivity contribution in [1.29, 1.82) is 0 Å². The summed E-state index contributed by atoms with van der Waals surface area (Å²) < 4.78 is 5.36. The number of nitrogens with one attached hydrogen (secondary N) is 2. The van der Waals surface area contributed by atoms with Crippen molar-refractivity contribution in [2.24, 2.45) is 0 Å². The molecule has 2 aromatic rings. The first-order valence-electron chi connectivity index (χ1n) is 9.53. The molecule has 0 spiro atoms. The van der Waals surface area contributed by atoms with E-state index in [4.69, 9.17) is 4.74 Å². The number of hydrogen-bond acceptors (Lipinski definition) is 4. The van der Waals surface area contributed by atoms with Gasteiger partial charge in [-0.2, -0.15) is 0 Å². The van der Waals surface area contributed by atoms with Gasteiger partial charge in [0.1, 0.15) is 5.75 Å². The van der Waals surface area contributed by atoms with Gasteiger partial charge in [-0.3, -0.25) is 9.59 Å². The normalized spacial score (nSPS) is 11.1. The van der Waals surface area contributed by atoms with E-state index in [0.717, 1.165) is 22.4 Å². The molecule has 0 saturated carbocycles. The molecule has 5 nitrogen and oxygen atoms in total. The van der Waals surface area contributed by atoms with Gasteiger partial charge in [0.05, 0.1) is 24.3 Å². The van der Waals surface area contributed by atoms with Crippen molar-refractivity contribution in [2.45, 2.75) is 40.0 Å². The van der Waals surface area contributed by atoms with E-state index in [2.05, 4.69) is 31.4 Å². The van der Waals surface area contributed by atoms with Crippen molar-refractivity contribution in [1.82, 2.24) is 0 Å². The monoisotopic (exact) mass is 414 g/mol. The Morgan fingerprint density at radius 2 is 1.55 bits per heavy atom. The van der Waals surface area contributed by atoms with Gasteiger partial charge in [-0.15, -0.1) is 11.8 Å². The maximum absolute atomic E-state index is 12.4. The van der Waals surface area contributed by atoms with Crippen LogP contribution in [-0.2, 0) is 15.0 Å². The Hall–Kier alpha value is -2.47. The summed E-state index contributed by atoms with van der Waals surface area (Å²) in [5.41, 5.74) is 4.69. The highest BCUT2D eigenvalue weighted by atomic mass is 32.2. The number of carbonyl (C=O) groups is 2. The minimum atomic E-state index is -0.168. The Labute approximate surface area is 177 Å². The molecule has 0 aliphatic heterocycles. The Morgan fingerprint density at radius 3 is 2.10 bits per heavy atom. The van der Waals surface area contributed by atoms with Crippen LogP contribution in [0.15, 0.2) is 36.4 Å². The van der Waals surface area contributed by atoms with Crippen molar-refractivity contribution in [3.8, 4) is 5.75 Å². The summed E-state index contributed by atoms with van der Waals surface area (Å²) in [4.78, 5) is 24.5. The lowest BCUT2D eigenvalue weighted by Gasteiger charge is -2.21. The topological polar surface area (TPSA) is 67.4 Å². The van der Waals surface area contributed by atoms with Crippen LogP contribution in [0.5, 0.6) is 5.75 Å². The predicted molar refractivity (Wildman–Crippen MR) is 122 cm³/mol. The number of hydrogen-bond donors (Lipinski definition) is 2. The SMILES string of the molecule is COc1ccc(C(C)(C)C)cc1NC(=O)CSCC(=O)Nc1ccc(C)cc1C. The number of benzene rings is 2. The van der Waals surface area contributed by atoms with Crippen molar-refractivity contribution >= 4 is 35.0 Å². The molecule has 0 heterocycles. The molecule has 0 aromatic heterocycles. The largest absolute Gasteiger partial charge is 0.495 e. The maximum atomic E-state index is 12.4. The van der Waals surface area contributed by atoms with Gasteiger partial charge in [0.15, 0.2) is 0 Å². The van der Waals surface area contributed by atoms with Gasteiger partial charge in [-0.25, -0.2) is 0 Å². The third-order valence-electron chi connectivity index (χ3n) is 4.46. The molecule has 156 valence electrons. The first-order valence-corrected chi connectivity index (χ1v) is 10.7. The quantitative estimate of drug-likeness (QED) is 0.675. The Kier molecular flexibility index (Phi) is 7.73. The van der Waals surface area contributed by atoms with Gasteiger partial charge < -0.3 is 15.4 Å². The van der Waals surface area contributed by atoms with Crippen molar-refractivity contribution in [3.05, 3.63) is 53.1 Å². The van der Waals surface area contributed by atoms with E-state index >= 15 is 0 Å². The second-order valence-corrected chi connectivity index (χ2v) is 9.06. The number of ether oxygens (including phenoxy) is 1. The van der Waals surface area contributed by atoms with Crippen molar-refractivity contribution in [2.75, 3.05) is 29.2 Å². The molecule has 2 aromatic carbocycles. The minimum Gasteiger partial charge on any atom is -0.495 e. The summed E-state index contributed by atoms with van der Waals surface area (Å²) >= 11 is 1.28. The molecule has 2 amide bonds. The fourth-order valence-electron chi connectivity index (χ4n) is 2.84. The van der Waals surface area contributed by atoms with E-state index in [1.807, 2.05) is 50.2 Å². The van der Waals surface area contributed by atoms with Crippen molar-refractivity contribution in [3.63, 3.8) is 0 Å². The highest BCUT2D eigenvalue weighted by molar-refractivity contribution is 8.00. The van der Waals surface area contributed by atoms with Crippen molar-refractivity contribution < 1.29 is 14.3 Å². The summed E-state index contributed by atoms with van der Waals surface area (Å²) in [6.45, 7) is 10.3. The second kappa shape index (κ2) is 9.83. The highest BCUT2D eigenvalue weighted by Gasteiger charge is 2.17. The molecule has 6 heteroatoms. The molecule has 0 atom stereocenters. The molecule has 0 fully saturated rings. The summed E-state index contributed by atoms with van der Waals surface area (Å²) in [5, 5.41) is 5.79. The number of aryl methyl sites for hydroxylation is 2. The highest BCUT2D eigenvalue weighted by Crippen LogP contribution is 2.31. The smallest absolute Gasteiger partial charge is 0.234 e. The van der Waals surface area contributed by atoms with Crippen LogP contribution in [-0.4, -0.2) is 30.4 Å². The lowest BCUT2D eigenvalue weighted by atomic mass is 9.87. The van der Waals surface area contributed by atoms with Gasteiger partial charge in [-0.1, -0.05) is 44.5 Å². The molecule has 0 unspecified atom stereocenters. The lowest BCUT2D eigenvalue weighted by molar-refractivity contribution is -0.114. The van der Waals surface area contributed by atoms with E-state index in [-0.39, 0.29) is 28.7 Å². The zero-order chi connectivity index (χ0) is 21.6. The minimum absolute atomic E-state index is 0.0350. The number of rotatable bonds is 7. The third-order valence-corrected chi connectivity index (χ3v) is 5.39. The van der Waals surface area contributed by atoms with E-state index in [1.54, 1.807) is 7.11 Å². The summed E-state index contributed by atoms with van der Waals surface area (Å²) in [6.07, 6.45) is 0. The molecule has 29 heavy (non-hydrogen) atoms. The van der Waals surface area contributed by atoms with Gasteiger partial charge in [0.25, 0.3) is 0 Å². The fourth-order valence-corrected chi connectivity index (χ4v) is 3.45. The van der Waals surface area contributed by atoms with Crippen LogP contribution in [0.25, 0.3) is 0 Å². The van der Waals surface area contributed by atoms with Gasteiger partial charge in [0, 0.05) is 5.69 Å². The lowest BCUT2D eigenvalue weighted by Crippen LogP contribution is -2.19. The standard InChI is InChI=1S/C23H30N2O3S/c1-15-7-9-18(16(2)11-15)24-21(26)13-29-14-22(27)25-19-12-17(23(3,4)5)8-10-20(19)28-6/h7-12H,13-14H2,1-6H3,(H,24,26)(H,25,27). The maximum Gasteiger partial charge on any atom is 0.234 e. The number of carbonyl (C=O) groups excluding carboxylic acids is 2. The number of anilines is 2. The predicted octanol–water partition coefficient (Wildman–Crippen LogP) is 4.92. The zero-order valence-corrected chi connectivity index (χ0v) is 18.8. The molecule has 0 radical (unpaired) electrons. The van der Waals surface area contributed by atoms with Crippen LogP contribution >= 0.6 is 11.8 Å². The average Bonchev–Trinajstić information content (AvgIpc) is 2.63. The van der Waals surface area contributed by atoms with E-state index in [9.17, 15) is 9.59 Å². The van der Waals surface area contributed by atoms with Crippen LogP contribution in [0.1, 0.15) is 37.5 Å². The van der Waals surface area contributed by atoms with Gasteiger partial charge in [-0.05, 0) is 48.6 Å². The van der Waals surface area contributed by atoms with Crippen LogP contribution in [0, 0.1) is 13.8 Å². The van der Waals surface area contributed by atoms with Gasteiger partial charge >= 0.3 is 0 Å². The van der Waals surface area contributed by atoms with E-state index < -0.39 is 0 Å². The number of methoxy groups -OCH3 is 1. The second-order valence-electron chi connectivity index (χ2n) is 8.07. The van der Waals surface area contributed by atoms with Crippen LogP contribution in [0.3, 0.4) is 0 Å². The molecule has 0 aliphatic carbocycles. The third kappa shape index (κ3) is 6.82. The summed E-state index contributed by atoms with van der Waals surface area (Å²) in [6, 6.07) is 11.7. The first kappa shape index (κ1) is 22.8. The fraction of sp³-hybridized carbons (Fsp3) is 0.391. The van der Waals surface area contributed by atoms with Crippen LogP contribution in [0.4, 0.5) is 11.4 Å². The average molecular weight is 415 g/mol. The molecule has 0 bridgehead atoms. The van der Waals surface area contributed by atoms with Crippen LogP contribution < -0.4 is 15.4 Å². The number of thioether (sulfide) groups is 1. The Balaban J connectivity index is 1.89. The molecular weight excluding hydrogens is 384 g/mol. The molecule has 0 aliphatic rings. The first-order chi connectivity index (χ1) is 13.6. The van der Waals surface area contributed by atoms with Crippen LogP contribution in [0.2, 0.25) is 0 Å².